The molecule has 25 heavy (non-hydrogen) atoms. The molecule has 2 heterocycles. The molecule has 1 saturated carbocycles. The lowest BCUT2D eigenvalue weighted by molar-refractivity contribution is 0.0864. The summed E-state index contributed by atoms with van der Waals surface area (Å²) in [5.74, 6) is 0.535. The normalized spacial score (nSPS) is 25.3. The Bertz CT molecular complexity index is 815. The third-order valence-corrected chi connectivity index (χ3v) is 6.54. The third-order valence-electron chi connectivity index (χ3n) is 5.35. The van der Waals surface area contributed by atoms with Gasteiger partial charge in [-0.25, -0.2) is 0 Å². The summed E-state index contributed by atoms with van der Waals surface area (Å²) in [5.41, 5.74) is 7.88. The van der Waals surface area contributed by atoms with Crippen LogP contribution in [-0.4, -0.2) is 18.0 Å². The summed E-state index contributed by atoms with van der Waals surface area (Å²) in [6.45, 7) is 1.02. The lowest BCUT2D eigenvalue weighted by Gasteiger charge is -2.44. The van der Waals surface area contributed by atoms with Gasteiger partial charge in [-0.3, -0.25) is 4.79 Å². The molecule has 0 spiro atoms. The minimum absolute atomic E-state index is 0.0555. The van der Waals surface area contributed by atoms with Crippen molar-refractivity contribution in [2.75, 3.05) is 12.3 Å². The molecule has 0 radical (unpaired) electrons. The van der Waals surface area contributed by atoms with Crippen LogP contribution in [0.15, 0.2) is 46.9 Å². The number of nitrogens with one attached hydrogen (secondary N) is 2. The zero-order valence-corrected chi connectivity index (χ0v) is 15.9. The van der Waals surface area contributed by atoms with Crippen LogP contribution in [0.4, 0.5) is 5.69 Å². The fraction of sp³-hybridized carbons (Fsp3) is 0.316. The van der Waals surface area contributed by atoms with Gasteiger partial charge in [-0.2, -0.15) is 0 Å². The topological polar surface area (TPSA) is 67.2 Å². The standard InChI is InChI=1S/C19H19BrClN3O/c20-14-6-13(16(22)7-15(14)21)18(25)24-17(12-4-2-1-3-5-12)19-8-11(9-19)10-23-19/h1-7,11,17,23H,8-10,22H2,(H,24,25). The van der Waals surface area contributed by atoms with Gasteiger partial charge in [0.25, 0.3) is 5.91 Å². The van der Waals surface area contributed by atoms with E-state index in [2.05, 4.69) is 38.7 Å². The molecular formula is C19H19BrClN3O. The maximum absolute atomic E-state index is 12.9. The highest BCUT2D eigenvalue weighted by atomic mass is 79.9. The van der Waals surface area contributed by atoms with Crippen LogP contribution in [0.2, 0.25) is 5.02 Å². The van der Waals surface area contributed by atoms with Crippen molar-refractivity contribution in [3.05, 3.63) is 63.1 Å². The van der Waals surface area contributed by atoms with Gasteiger partial charge in [-0.1, -0.05) is 41.9 Å². The number of amides is 1. The predicted molar refractivity (Wildman–Crippen MR) is 104 cm³/mol. The average Bonchev–Trinajstić information content (AvgIpc) is 3.18. The third kappa shape index (κ3) is 2.94. The molecule has 3 fully saturated rings. The molecule has 1 atom stereocenters. The van der Waals surface area contributed by atoms with Crippen LogP contribution < -0.4 is 16.4 Å². The first-order valence-electron chi connectivity index (χ1n) is 8.34. The van der Waals surface area contributed by atoms with Gasteiger partial charge in [0.05, 0.1) is 16.6 Å². The molecule has 2 aliphatic heterocycles. The Morgan fingerprint density at radius 2 is 2.04 bits per heavy atom. The zero-order chi connectivity index (χ0) is 17.6. The molecule has 2 bridgehead atoms. The number of anilines is 1. The molecule has 1 unspecified atom stereocenters. The van der Waals surface area contributed by atoms with Gasteiger partial charge in [0.1, 0.15) is 0 Å². The van der Waals surface area contributed by atoms with Gasteiger partial charge in [0.2, 0.25) is 0 Å². The fourth-order valence-electron chi connectivity index (χ4n) is 4.10. The number of hydrogen-bond donors (Lipinski definition) is 3. The first-order chi connectivity index (χ1) is 12.0. The minimum Gasteiger partial charge on any atom is -0.398 e. The van der Waals surface area contributed by atoms with E-state index in [0.717, 1.165) is 30.9 Å². The molecule has 1 aliphatic carbocycles. The van der Waals surface area contributed by atoms with Crippen molar-refractivity contribution in [1.82, 2.24) is 10.6 Å². The highest BCUT2D eigenvalue weighted by molar-refractivity contribution is 9.10. The number of carbonyl (C=O) groups excluding carboxylic acids is 1. The second-order valence-electron chi connectivity index (χ2n) is 6.98. The molecule has 2 aromatic carbocycles. The van der Waals surface area contributed by atoms with Gasteiger partial charge < -0.3 is 16.4 Å². The van der Waals surface area contributed by atoms with Crippen molar-refractivity contribution in [3.63, 3.8) is 0 Å². The minimum atomic E-state index is -0.185. The molecule has 4 nitrogen and oxygen atoms in total. The molecule has 2 aromatic rings. The van der Waals surface area contributed by atoms with Crippen molar-refractivity contribution in [2.45, 2.75) is 24.4 Å². The van der Waals surface area contributed by atoms with E-state index in [1.807, 2.05) is 18.2 Å². The average molecular weight is 421 g/mol. The van der Waals surface area contributed by atoms with Gasteiger partial charge in [0.15, 0.2) is 0 Å². The summed E-state index contributed by atoms with van der Waals surface area (Å²) in [7, 11) is 0. The highest BCUT2D eigenvalue weighted by Crippen LogP contribution is 2.50. The van der Waals surface area contributed by atoms with E-state index in [1.165, 1.54) is 0 Å². The molecule has 4 N–H and O–H groups in total. The van der Waals surface area contributed by atoms with E-state index in [4.69, 9.17) is 17.3 Å². The van der Waals surface area contributed by atoms with E-state index in [0.29, 0.717) is 20.7 Å². The van der Waals surface area contributed by atoms with Crippen molar-refractivity contribution in [2.24, 2.45) is 5.92 Å². The summed E-state index contributed by atoms with van der Waals surface area (Å²) in [5, 5.41) is 7.33. The van der Waals surface area contributed by atoms with Crippen molar-refractivity contribution < 1.29 is 4.79 Å². The quantitative estimate of drug-likeness (QED) is 0.657. The molecule has 2 saturated heterocycles. The van der Waals surface area contributed by atoms with Crippen LogP contribution in [0.1, 0.15) is 34.8 Å². The van der Waals surface area contributed by atoms with Crippen molar-refractivity contribution in [3.8, 4) is 0 Å². The van der Waals surface area contributed by atoms with Crippen LogP contribution >= 0.6 is 27.5 Å². The van der Waals surface area contributed by atoms with Gasteiger partial charge in [-0.05, 0) is 58.9 Å². The van der Waals surface area contributed by atoms with Crippen LogP contribution in [0, 0.1) is 5.92 Å². The van der Waals surface area contributed by atoms with Gasteiger partial charge in [0, 0.05) is 15.7 Å². The summed E-state index contributed by atoms with van der Waals surface area (Å²) in [4.78, 5) is 12.9. The van der Waals surface area contributed by atoms with Crippen LogP contribution in [0.5, 0.6) is 0 Å². The summed E-state index contributed by atoms with van der Waals surface area (Å²) < 4.78 is 0.658. The fourth-order valence-corrected chi connectivity index (χ4v) is 4.61. The Hall–Kier alpha value is -1.56. The number of fused-ring (bicyclic) bond motifs is 1. The Labute approximate surface area is 160 Å². The Morgan fingerprint density at radius 3 is 2.68 bits per heavy atom. The predicted octanol–water partition coefficient (Wildman–Crippen LogP) is 3.91. The first-order valence-corrected chi connectivity index (χ1v) is 9.51. The second kappa shape index (κ2) is 6.31. The maximum atomic E-state index is 12.9. The largest absolute Gasteiger partial charge is 0.398 e. The number of benzene rings is 2. The van der Waals surface area contributed by atoms with Crippen LogP contribution in [-0.2, 0) is 0 Å². The molecular weight excluding hydrogens is 402 g/mol. The number of nitrogens with two attached hydrogens (primary N) is 1. The molecule has 3 aliphatic rings. The van der Waals surface area contributed by atoms with E-state index in [1.54, 1.807) is 12.1 Å². The lowest BCUT2D eigenvalue weighted by atomic mass is 9.67. The lowest BCUT2D eigenvalue weighted by Crippen LogP contribution is -2.54. The molecule has 6 heteroatoms. The van der Waals surface area contributed by atoms with E-state index >= 15 is 0 Å². The molecule has 5 rings (SSSR count). The van der Waals surface area contributed by atoms with Gasteiger partial charge >= 0.3 is 0 Å². The zero-order valence-electron chi connectivity index (χ0n) is 13.6. The summed E-state index contributed by atoms with van der Waals surface area (Å²) >= 11 is 9.42. The molecule has 130 valence electrons. The number of hydrogen-bond acceptors (Lipinski definition) is 3. The van der Waals surface area contributed by atoms with Crippen LogP contribution in [0.3, 0.4) is 0 Å². The van der Waals surface area contributed by atoms with Crippen molar-refractivity contribution >= 4 is 39.1 Å². The summed E-state index contributed by atoms with van der Waals surface area (Å²) in [6.07, 6.45) is 2.18. The SMILES string of the molecule is Nc1cc(Cl)c(Br)cc1C(=O)NC(c1ccccc1)C12CC(CN1)C2. The summed E-state index contributed by atoms with van der Waals surface area (Å²) in [6, 6.07) is 13.3. The highest BCUT2D eigenvalue weighted by Gasteiger charge is 2.55. The first kappa shape index (κ1) is 16.9. The monoisotopic (exact) mass is 419 g/mol. The number of nitrogen functional groups attached to an aromatic ring is 1. The van der Waals surface area contributed by atoms with Crippen molar-refractivity contribution in [1.29, 1.82) is 0 Å². The smallest absolute Gasteiger partial charge is 0.253 e. The number of halogens is 2. The Kier molecular flexibility index (Phi) is 4.26. The number of carbonyl (C=O) groups is 1. The van der Waals surface area contributed by atoms with Gasteiger partial charge in [-0.15, -0.1) is 0 Å². The molecule has 1 amide bonds. The number of rotatable bonds is 4. The van der Waals surface area contributed by atoms with E-state index < -0.39 is 0 Å². The maximum Gasteiger partial charge on any atom is 0.253 e. The Balaban J connectivity index is 1.65. The van der Waals surface area contributed by atoms with Crippen LogP contribution in [0.25, 0.3) is 0 Å². The van der Waals surface area contributed by atoms with E-state index in [-0.39, 0.29) is 17.5 Å². The second-order valence-corrected chi connectivity index (χ2v) is 8.24. The van der Waals surface area contributed by atoms with E-state index in [9.17, 15) is 4.79 Å². The Morgan fingerprint density at radius 1 is 1.32 bits per heavy atom. The molecule has 0 aromatic heterocycles.